The van der Waals surface area contributed by atoms with Crippen LogP contribution in [0.3, 0.4) is 0 Å². The second-order valence-electron chi connectivity index (χ2n) is 2.56. The number of nitrogens with two attached hydrogens (primary N) is 1. The third-order valence-electron chi connectivity index (χ3n) is 1.48. The summed E-state index contributed by atoms with van der Waals surface area (Å²) in [6, 6.07) is 1.62. The Hall–Kier alpha value is -0.880. The third kappa shape index (κ3) is 2.82. The quantitative estimate of drug-likeness (QED) is 0.749. The van der Waals surface area contributed by atoms with Crippen LogP contribution in [-0.2, 0) is 0 Å². The molecule has 1 rings (SSSR count). The van der Waals surface area contributed by atoms with Crippen molar-refractivity contribution in [1.82, 2.24) is 9.97 Å². The number of aromatic nitrogens is 2. The second kappa shape index (κ2) is 4.38. The van der Waals surface area contributed by atoms with Gasteiger partial charge in [0.1, 0.15) is 10.4 Å². The van der Waals surface area contributed by atoms with Gasteiger partial charge in [0, 0.05) is 19.7 Å². The number of likely N-dealkylation sites (N-methyl/N-ethyl adjacent to an activating group) is 1. The number of hydrogen-bond donors (Lipinski definition) is 2. The lowest BCUT2D eigenvalue weighted by Gasteiger charge is -2.15. The molecule has 0 bridgehead atoms. The molecule has 0 aliphatic rings. The summed E-state index contributed by atoms with van der Waals surface area (Å²) in [5.74, 6) is 0.905. The Morgan fingerprint density at radius 1 is 1.62 bits per heavy atom. The van der Waals surface area contributed by atoms with Crippen molar-refractivity contribution in [3.8, 4) is 0 Å². The van der Waals surface area contributed by atoms with Gasteiger partial charge in [-0.1, -0.05) is 0 Å². The molecule has 0 atom stereocenters. The Bertz CT molecular complexity index is 274. The van der Waals surface area contributed by atoms with Crippen molar-refractivity contribution in [1.29, 1.82) is 0 Å². The van der Waals surface area contributed by atoms with E-state index in [1.54, 1.807) is 18.0 Å². The Kier molecular flexibility index (Phi) is 3.44. The smallest absolute Gasteiger partial charge is 0.228 e. The summed E-state index contributed by atoms with van der Waals surface area (Å²) in [5, 5.41) is 8.70. The van der Waals surface area contributed by atoms with Crippen LogP contribution >= 0.6 is 15.9 Å². The Balaban J connectivity index is 2.87. The fraction of sp³-hybridized carbons (Fsp3) is 0.429. The molecule has 5 nitrogen and oxygen atoms in total. The monoisotopic (exact) mass is 246 g/mol. The summed E-state index contributed by atoms with van der Waals surface area (Å²) in [4.78, 5) is 9.82. The first-order valence-electron chi connectivity index (χ1n) is 3.75. The normalized spacial score (nSPS) is 10.1. The van der Waals surface area contributed by atoms with E-state index < -0.39 is 0 Å². The number of anilines is 2. The van der Waals surface area contributed by atoms with Gasteiger partial charge in [-0.3, -0.25) is 0 Å². The maximum absolute atomic E-state index is 8.70. The highest BCUT2D eigenvalue weighted by atomic mass is 79.9. The fourth-order valence-electron chi connectivity index (χ4n) is 0.843. The molecular formula is C7H11BrN4O. The van der Waals surface area contributed by atoms with E-state index in [0.717, 1.165) is 0 Å². The van der Waals surface area contributed by atoms with Crippen LogP contribution < -0.4 is 10.6 Å². The van der Waals surface area contributed by atoms with Crippen molar-refractivity contribution in [2.75, 3.05) is 30.8 Å². The molecule has 1 aromatic heterocycles. The molecule has 72 valence electrons. The standard InChI is InChI=1S/C7H11BrN4O/c1-12(2-3-13)7-10-5(8)4-6(9)11-7/h4,13H,2-3H2,1H3,(H2,9,10,11). The zero-order valence-corrected chi connectivity index (χ0v) is 8.82. The maximum Gasteiger partial charge on any atom is 0.228 e. The highest BCUT2D eigenvalue weighted by Gasteiger charge is 2.05. The lowest BCUT2D eigenvalue weighted by Crippen LogP contribution is -2.23. The fourth-order valence-corrected chi connectivity index (χ4v) is 1.24. The van der Waals surface area contributed by atoms with Crippen LogP contribution in [0, 0.1) is 0 Å². The lowest BCUT2D eigenvalue weighted by atomic mass is 10.5. The van der Waals surface area contributed by atoms with Gasteiger partial charge in [-0.2, -0.15) is 4.98 Å². The average Bonchev–Trinajstić information content (AvgIpc) is 2.03. The van der Waals surface area contributed by atoms with Crippen molar-refractivity contribution >= 4 is 27.7 Å². The van der Waals surface area contributed by atoms with E-state index in [2.05, 4.69) is 25.9 Å². The summed E-state index contributed by atoms with van der Waals surface area (Å²) >= 11 is 3.21. The summed E-state index contributed by atoms with van der Waals surface area (Å²) in [7, 11) is 1.79. The molecule has 0 saturated heterocycles. The van der Waals surface area contributed by atoms with E-state index >= 15 is 0 Å². The highest BCUT2D eigenvalue weighted by Crippen LogP contribution is 2.14. The van der Waals surface area contributed by atoms with Gasteiger partial charge < -0.3 is 15.7 Å². The molecule has 0 spiro atoms. The van der Waals surface area contributed by atoms with Gasteiger partial charge in [-0.15, -0.1) is 0 Å². The molecule has 6 heteroatoms. The first kappa shape index (κ1) is 10.2. The van der Waals surface area contributed by atoms with E-state index in [9.17, 15) is 0 Å². The Labute approximate surface area is 84.7 Å². The van der Waals surface area contributed by atoms with Crippen molar-refractivity contribution in [2.24, 2.45) is 0 Å². The van der Waals surface area contributed by atoms with Crippen LogP contribution in [0.15, 0.2) is 10.7 Å². The van der Waals surface area contributed by atoms with Gasteiger partial charge in [0.2, 0.25) is 5.95 Å². The number of aliphatic hydroxyl groups is 1. The summed E-state index contributed by atoms with van der Waals surface area (Å²) in [5.41, 5.74) is 5.52. The van der Waals surface area contributed by atoms with E-state index in [1.165, 1.54) is 0 Å². The molecule has 0 aromatic carbocycles. The number of aliphatic hydroxyl groups excluding tert-OH is 1. The van der Waals surface area contributed by atoms with Gasteiger partial charge in [0.15, 0.2) is 0 Å². The Morgan fingerprint density at radius 2 is 2.31 bits per heavy atom. The van der Waals surface area contributed by atoms with Gasteiger partial charge in [0.25, 0.3) is 0 Å². The van der Waals surface area contributed by atoms with Crippen LogP contribution in [0.4, 0.5) is 11.8 Å². The molecule has 0 amide bonds. The number of halogens is 1. The molecule has 0 aliphatic carbocycles. The molecule has 13 heavy (non-hydrogen) atoms. The SMILES string of the molecule is CN(CCO)c1nc(N)cc(Br)n1. The number of hydrogen-bond acceptors (Lipinski definition) is 5. The van der Waals surface area contributed by atoms with Crippen molar-refractivity contribution in [3.05, 3.63) is 10.7 Å². The van der Waals surface area contributed by atoms with E-state index in [0.29, 0.717) is 22.9 Å². The van der Waals surface area contributed by atoms with Gasteiger partial charge in [0.05, 0.1) is 6.61 Å². The second-order valence-corrected chi connectivity index (χ2v) is 3.37. The largest absolute Gasteiger partial charge is 0.395 e. The summed E-state index contributed by atoms with van der Waals surface area (Å²) in [6.07, 6.45) is 0. The molecule has 0 saturated carbocycles. The molecule has 0 aliphatic heterocycles. The van der Waals surface area contributed by atoms with E-state index in [4.69, 9.17) is 10.8 Å². The van der Waals surface area contributed by atoms with Crippen LogP contribution in [0.1, 0.15) is 0 Å². The molecule has 0 unspecified atom stereocenters. The van der Waals surface area contributed by atoms with E-state index in [1.807, 2.05) is 0 Å². The maximum atomic E-state index is 8.70. The number of rotatable bonds is 3. The van der Waals surface area contributed by atoms with Crippen LogP contribution in [0.5, 0.6) is 0 Å². The van der Waals surface area contributed by atoms with E-state index in [-0.39, 0.29) is 6.61 Å². The average molecular weight is 247 g/mol. The predicted octanol–water partition coefficient (Wildman–Crippen LogP) is 0.250. The molecular weight excluding hydrogens is 236 g/mol. The van der Waals surface area contributed by atoms with Crippen LogP contribution in [-0.4, -0.2) is 35.3 Å². The lowest BCUT2D eigenvalue weighted by molar-refractivity contribution is 0.303. The first-order valence-corrected chi connectivity index (χ1v) is 4.55. The summed E-state index contributed by atoms with van der Waals surface area (Å²) in [6.45, 7) is 0.544. The number of nitrogen functional groups attached to an aromatic ring is 1. The minimum absolute atomic E-state index is 0.0618. The zero-order valence-electron chi connectivity index (χ0n) is 7.24. The van der Waals surface area contributed by atoms with Crippen LogP contribution in [0.2, 0.25) is 0 Å². The third-order valence-corrected chi connectivity index (χ3v) is 1.89. The van der Waals surface area contributed by atoms with Crippen LogP contribution in [0.25, 0.3) is 0 Å². The Morgan fingerprint density at radius 3 is 2.85 bits per heavy atom. The van der Waals surface area contributed by atoms with Gasteiger partial charge in [-0.05, 0) is 15.9 Å². The summed E-state index contributed by atoms with van der Waals surface area (Å²) < 4.78 is 0.639. The highest BCUT2D eigenvalue weighted by molar-refractivity contribution is 9.10. The molecule has 3 N–H and O–H groups in total. The van der Waals surface area contributed by atoms with Gasteiger partial charge in [-0.25, -0.2) is 4.98 Å². The molecule has 0 radical (unpaired) electrons. The zero-order chi connectivity index (χ0) is 9.84. The van der Waals surface area contributed by atoms with Crippen molar-refractivity contribution < 1.29 is 5.11 Å². The molecule has 1 aromatic rings. The van der Waals surface area contributed by atoms with Crippen molar-refractivity contribution in [2.45, 2.75) is 0 Å². The molecule has 0 fully saturated rings. The number of nitrogens with zero attached hydrogens (tertiary/aromatic N) is 3. The minimum atomic E-state index is 0.0618. The predicted molar refractivity (Wildman–Crippen MR) is 54.5 cm³/mol. The first-order chi connectivity index (χ1) is 6.13. The van der Waals surface area contributed by atoms with Crippen molar-refractivity contribution in [3.63, 3.8) is 0 Å². The van der Waals surface area contributed by atoms with Gasteiger partial charge >= 0.3 is 0 Å². The minimum Gasteiger partial charge on any atom is -0.395 e. The molecule has 1 heterocycles. The topological polar surface area (TPSA) is 75.3 Å².